The van der Waals surface area contributed by atoms with Crippen LogP contribution < -0.4 is 10.6 Å². The summed E-state index contributed by atoms with van der Waals surface area (Å²) in [5, 5.41) is 8.47. The maximum atomic E-state index is 13.2. The van der Waals surface area contributed by atoms with Crippen molar-refractivity contribution in [2.24, 2.45) is 0 Å². The highest BCUT2D eigenvalue weighted by Gasteiger charge is 2.25. The molecule has 3 aliphatic rings. The number of anilines is 4. The van der Waals surface area contributed by atoms with Crippen LogP contribution in [0.1, 0.15) is 40.2 Å². The number of likely N-dealkylation sites (tertiary alicyclic amines) is 1. The fourth-order valence-electron chi connectivity index (χ4n) is 9.95. The molecule has 7 aromatic heterocycles. The van der Waals surface area contributed by atoms with Gasteiger partial charge in [-0.25, -0.2) is 24.9 Å². The van der Waals surface area contributed by atoms with Gasteiger partial charge in [0.05, 0.1) is 29.1 Å². The van der Waals surface area contributed by atoms with Gasteiger partial charge in [-0.2, -0.15) is 0 Å². The van der Waals surface area contributed by atoms with Crippen LogP contribution in [0.2, 0.25) is 0 Å². The van der Waals surface area contributed by atoms with E-state index in [1.165, 1.54) is 38.9 Å². The molecule has 19 nitrogen and oxygen atoms in total. The largest absolute Gasteiger partial charge is 0.351 e. The lowest BCUT2D eigenvalue weighted by molar-refractivity contribution is 0.0622. The Morgan fingerprint density at radius 3 is 1.47 bits per heavy atom. The second-order valence-electron chi connectivity index (χ2n) is 19.2. The molecule has 0 aliphatic carbocycles. The molecule has 2 aromatic carbocycles. The van der Waals surface area contributed by atoms with E-state index in [1.807, 2.05) is 119 Å². The van der Waals surface area contributed by atoms with Crippen LogP contribution in [0, 0.1) is 0 Å². The first-order chi connectivity index (χ1) is 36.9. The standard InChI is InChI=1S/C29H34N8O.C27H27N9O/c38-28(37-18-16-36(17-19-37)15-5-14-35-12-3-4-13-35)27-21-22-20-23(7-8-24(22)33-27)32-29-31-11-9-26(34-29)25-6-1-2-10-30-25;37-26(36-15-13-34(14-16-36)11-12-35-10-9-28-19-35)25-18-20-17-21(4-5-22(20)32-25)31-27-30-8-6-24(33-27)23-3-1-2-7-29-23/h1-2,6-11,20-21,33H,3-5,12-19H2,(H,31,32,34);1-10,17-19,32H,11-16H2,(H,30,31,33). The van der Waals surface area contributed by atoms with Crippen LogP contribution in [-0.4, -0.2) is 171 Å². The molecule has 0 radical (unpaired) electrons. The normalized spacial score (nSPS) is 15.5. The molecule has 0 unspecified atom stereocenters. The fraction of sp³-hybridized carbons (Fsp3) is 0.304. The van der Waals surface area contributed by atoms with Gasteiger partial charge in [0.1, 0.15) is 11.4 Å². The molecular formula is C56H61N17O2. The van der Waals surface area contributed by atoms with Gasteiger partial charge in [0.25, 0.3) is 11.8 Å². The first-order valence-electron chi connectivity index (χ1n) is 25.9. The van der Waals surface area contributed by atoms with E-state index in [9.17, 15) is 9.59 Å². The monoisotopic (exact) mass is 1000 g/mol. The van der Waals surface area contributed by atoms with E-state index in [0.717, 1.165) is 128 Å². The average Bonchev–Trinajstić information content (AvgIpc) is 4.33. The smallest absolute Gasteiger partial charge is 0.270 e. The summed E-state index contributed by atoms with van der Waals surface area (Å²) in [5.74, 6) is 1.09. The summed E-state index contributed by atoms with van der Waals surface area (Å²) in [6.07, 6.45) is 16.4. The van der Waals surface area contributed by atoms with Crippen LogP contribution in [-0.2, 0) is 6.54 Å². The number of nitrogens with zero attached hydrogens (tertiary/aromatic N) is 13. The number of amides is 2. The van der Waals surface area contributed by atoms with Gasteiger partial charge in [-0.05, 0) is 130 Å². The number of hydrogen-bond donors (Lipinski definition) is 4. The number of rotatable bonds is 15. The van der Waals surface area contributed by atoms with Crippen molar-refractivity contribution < 1.29 is 9.59 Å². The molecule has 4 N–H and O–H groups in total. The number of H-pyrrole nitrogens is 2. The minimum Gasteiger partial charge on any atom is -0.351 e. The Balaban J connectivity index is 0.000000161. The molecule has 19 heteroatoms. The zero-order valence-corrected chi connectivity index (χ0v) is 41.9. The Morgan fingerprint density at radius 1 is 0.480 bits per heavy atom. The summed E-state index contributed by atoms with van der Waals surface area (Å²) in [6.45, 7) is 13.3. The van der Waals surface area contributed by atoms with Gasteiger partial charge in [-0.15, -0.1) is 0 Å². The van der Waals surface area contributed by atoms with Crippen molar-refractivity contribution in [3.63, 3.8) is 0 Å². The second kappa shape index (κ2) is 23.2. The minimum absolute atomic E-state index is 0.0337. The third kappa shape index (κ3) is 12.4. The highest BCUT2D eigenvalue weighted by molar-refractivity contribution is 6.00. The first-order valence-corrected chi connectivity index (χ1v) is 25.9. The third-order valence-electron chi connectivity index (χ3n) is 14.1. The van der Waals surface area contributed by atoms with E-state index in [0.29, 0.717) is 23.3 Å². The van der Waals surface area contributed by atoms with E-state index < -0.39 is 0 Å². The predicted octanol–water partition coefficient (Wildman–Crippen LogP) is 7.43. The van der Waals surface area contributed by atoms with Crippen LogP contribution >= 0.6 is 0 Å². The molecule has 10 heterocycles. The minimum atomic E-state index is 0.0337. The van der Waals surface area contributed by atoms with Gasteiger partial charge in [0, 0.05) is 136 Å². The number of carbonyl (C=O) groups is 2. The average molecular weight is 1000 g/mol. The summed E-state index contributed by atoms with van der Waals surface area (Å²) < 4.78 is 2.08. The van der Waals surface area contributed by atoms with Crippen molar-refractivity contribution in [1.29, 1.82) is 0 Å². The molecule has 3 fully saturated rings. The number of aromatic nitrogens is 10. The Morgan fingerprint density at radius 2 is 0.987 bits per heavy atom. The number of benzene rings is 2. The Hall–Kier alpha value is -8.39. The highest BCUT2D eigenvalue weighted by Crippen LogP contribution is 2.26. The van der Waals surface area contributed by atoms with E-state index in [1.54, 1.807) is 31.0 Å². The summed E-state index contributed by atoms with van der Waals surface area (Å²) in [4.78, 5) is 75.1. The summed E-state index contributed by atoms with van der Waals surface area (Å²) in [7, 11) is 0. The van der Waals surface area contributed by atoms with E-state index in [-0.39, 0.29) is 11.8 Å². The van der Waals surface area contributed by atoms with Crippen molar-refractivity contribution in [2.75, 3.05) is 95.7 Å². The molecular weight excluding hydrogens is 943 g/mol. The van der Waals surface area contributed by atoms with Gasteiger partial charge in [0.2, 0.25) is 11.9 Å². The molecule has 12 rings (SSSR count). The van der Waals surface area contributed by atoms with Gasteiger partial charge >= 0.3 is 0 Å². The lowest BCUT2D eigenvalue weighted by atomic mass is 10.2. The van der Waals surface area contributed by atoms with Gasteiger partial charge < -0.3 is 39.9 Å². The van der Waals surface area contributed by atoms with Crippen molar-refractivity contribution in [3.8, 4) is 22.8 Å². The van der Waals surface area contributed by atoms with Crippen LogP contribution in [0.5, 0.6) is 0 Å². The maximum absolute atomic E-state index is 13.2. The summed E-state index contributed by atoms with van der Waals surface area (Å²) in [5.41, 5.74) is 7.87. The number of carbonyl (C=O) groups excluding carboxylic acids is 2. The number of pyridine rings is 2. The zero-order valence-electron chi connectivity index (χ0n) is 41.9. The van der Waals surface area contributed by atoms with Crippen molar-refractivity contribution in [2.45, 2.75) is 25.8 Å². The van der Waals surface area contributed by atoms with E-state index >= 15 is 0 Å². The number of fused-ring (bicyclic) bond motifs is 2. The lowest BCUT2D eigenvalue weighted by Crippen LogP contribution is -2.49. The fourth-order valence-corrected chi connectivity index (χ4v) is 9.95. The first kappa shape index (κ1) is 48.9. The number of imidazole rings is 1. The Bertz CT molecular complexity index is 3300. The van der Waals surface area contributed by atoms with Gasteiger partial charge in [-0.1, -0.05) is 12.1 Å². The Kier molecular flexibility index (Phi) is 15.1. The summed E-state index contributed by atoms with van der Waals surface area (Å²) in [6, 6.07) is 30.9. The highest BCUT2D eigenvalue weighted by atomic mass is 16.2. The van der Waals surface area contributed by atoms with Crippen LogP contribution in [0.25, 0.3) is 44.6 Å². The molecule has 0 bridgehead atoms. The number of hydrogen-bond acceptors (Lipinski definition) is 14. The van der Waals surface area contributed by atoms with E-state index in [4.69, 9.17) is 0 Å². The number of nitrogens with one attached hydrogen (secondary N) is 4. The molecule has 0 saturated carbocycles. The van der Waals surface area contributed by atoms with Crippen molar-refractivity contribution in [3.05, 3.63) is 152 Å². The maximum Gasteiger partial charge on any atom is 0.270 e. The summed E-state index contributed by atoms with van der Waals surface area (Å²) >= 11 is 0. The quantitative estimate of drug-likeness (QED) is 0.0790. The van der Waals surface area contributed by atoms with Crippen LogP contribution in [0.3, 0.4) is 0 Å². The molecule has 382 valence electrons. The molecule has 3 aliphatic heterocycles. The van der Waals surface area contributed by atoms with Crippen molar-refractivity contribution >= 4 is 56.9 Å². The molecule has 2 amide bonds. The molecule has 0 spiro atoms. The van der Waals surface area contributed by atoms with E-state index in [2.05, 4.69) is 74.8 Å². The number of aromatic amines is 2. The van der Waals surface area contributed by atoms with Gasteiger partial charge in [0.15, 0.2) is 0 Å². The molecule has 0 atom stereocenters. The SMILES string of the molecule is O=C(c1cc2cc(Nc3nccc(-c4ccccn4)n3)ccc2[nH]1)N1CCN(CCCN2CCCC2)CC1.O=C(c1cc2cc(Nc3nccc(-c4ccccn4)n3)ccc2[nH]1)N1CCN(CCn2ccnc2)CC1. The van der Waals surface area contributed by atoms with Crippen LogP contribution in [0.15, 0.2) is 141 Å². The van der Waals surface area contributed by atoms with Gasteiger partial charge in [-0.3, -0.25) is 29.4 Å². The molecule has 9 aromatic rings. The lowest BCUT2D eigenvalue weighted by Gasteiger charge is -2.34. The van der Waals surface area contributed by atoms with Crippen LogP contribution in [0.4, 0.5) is 23.3 Å². The van der Waals surface area contributed by atoms with Crippen molar-refractivity contribution in [1.82, 2.24) is 73.9 Å². The topological polar surface area (TPSA) is 201 Å². The molecule has 75 heavy (non-hydrogen) atoms. The zero-order chi connectivity index (χ0) is 50.8. The number of piperazine rings is 2. The second-order valence-corrected chi connectivity index (χ2v) is 19.2. The Labute approximate surface area is 435 Å². The molecule has 3 saturated heterocycles. The predicted molar refractivity (Wildman–Crippen MR) is 291 cm³/mol. The third-order valence-corrected chi connectivity index (χ3v) is 14.1.